The SMILES string of the molecule is CCc1ccc(C(C)NC(=NC)NCC2CCOC2c2ccccc2)cc1.I. The molecule has 28 heavy (non-hydrogen) atoms. The highest BCUT2D eigenvalue weighted by Crippen LogP contribution is 2.33. The highest BCUT2D eigenvalue weighted by Gasteiger charge is 2.29. The number of nitrogens with zero attached hydrogens (tertiary/aromatic N) is 1. The van der Waals surface area contributed by atoms with E-state index >= 15 is 0 Å². The normalized spacial score (nSPS) is 20.3. The number of guanidine groups is 1. The smallest absolute Gasteiger partial charge is 0.191 e. The zero-order chi connectivity index (χ0) is 19.1. The molecular weight excluding hydrogens is 461 g/mol. The van der Waals surface area contributed by atoms with E-state index in [0.29, 0.717) is 5.92 Å². The van der Waals surface area contributed by atoms with Crippen LogP contribution >= 0.6 is 24.0 Å². The van der Waals surface area contributed by atoms with Gasteiger partial charge in [0.05, 0.1) is 12.1 Å². The first-order valence-electron chi connectivity index (χ1n) is 9.93. The number of hydrogen-bond acceptors (Lipinski definition) is 2. The van der Waals surface area contributed by atoms with Gasteiger partial charge in [-0.05, 0) is 36.5 Å². The van der Waals surface area contributed by atoms with Gasteiger partial charge in [0.15, 0.2) is 5.96 Å². The summed E-state index contributed by atoms with van der Waals surface area (Å²) < 4.78 is 5.99. The number of halogens is 1. The molecule has 0 bridgehead atoms. The average Bonchev–Trinajstić information content (AvgIpc) is 3.20. The molecule has 1 saturated heterocycles. The van der Waals surface area contributed by atoms with Gasteiger partial charge in [-0.15, -0.1) is 24.0 Å². The minimum absolute atomic E-state index is 0. The van der Waals surface area contributed by atoms with Crippen molar-refractivity contribution >= 4 is 29.9 Å². The van der Waals surface area contributed by atoms with E-state index in [4.69, 9.17) is 4.74 Å². The number of hydrogen-bond donors (Lipinski definition) is 2. The maximum Gasteiger partial charge on any atom is 0.191 e. The lowest BCUT2D eigenvalue weighted by molar-refractivity contribution is 0.0915. The summed E-state index contributed by atoms with van der Waals surface area (Å²) in [4.78, 5) is 4.40. The Morgan fingerprint density at radius 1 is 1.14 bits per heavy atom. The number of aliphatic imine (C=N–C) groups is 1. The lowest BCUT2D eigenvalue weighted by Crippen LogP contribution is -2.41. The standard InChI is InChI=1S/C23H31N3O.HI/c1-4-18-10-12-19(13-11-18)17(2)26-23(24-3)25-16-21-14-15-27-22(21)20-8-6-5-7-9-20;/h5-13,17,21-22H,4,14-16H2,1-3H3,(H2,24,25,26);1H. The first kappa shape index (κ1) is 22.7. The molecule has 1 fully saturated rings. The Hall–Kier alpha value is -1.60. The topological polar surface area (TPSA) is 45.7 Å². The number of benzene rings is 2. The van der Waals surface area contributed by atoms with Gasteiger partial charge in [0, 0.05) is 26.1 Å². The Kier molecular flexibility index (Phi) is 9.25. The highest BCUT2D eigenvalue weighted by molar-refractivity contribution is 14.0. The molecule has 2 aromatic carbocycles. The lowest BCUT2D eigenvalue weighted by Gasteiger charge is -2.22. The molecule has 1 aliphatic heterocycles. The van der Waals surface area contributed by atoms with Crippen LogP contribution in [0.15, 0.2) is 59.6 Å². The summed E-state index contributed by atoms with van der Waals surface area (Å²) in [5, 5.41) is 6.99. The first-order valence-corrected chi connectivity index (χ1v) is 9.93. The van der Waals surface area contributed by atoms with Crippen LogP contribution in [0, 0.1) is 5.92 Å². The van der Waals surface area contributed by atoms with Crippen molar-refractivity contribution in [2.45, 2.75) is 38.8 Å². The second-order valence-electron chi connectivity index (χ2n) is 7.17. The molecule has 152 valence electrons. The molecule has 4 nitrogen and oxygen atoms in total. The van der Waals surface area contributed by atoms with Crippen LogP contribution < -0.4 is 10.6 Å². The summed E-state index contributed by atoms with van der Waals surface area (Å²) >= 11 is 0. The molecule has 1 aliphatic rings. The summed E-state index contributed by atoms with van der Waals surface area (Å²) in [6.07, 6.45) is 2.30. The van der Waals surface area contributed by atoms with E-state index in [1.54, 1.807) is 0 Å². The van der Waals surface area contributed by atoms with Gasteiger partial charge in [-0.2, -0.15) is 0 Å². The summed E-state index contributed by atoms with van der Waals surface area (Å²) in [6, 6.07) is 19.5. The third-order valence-corrected chi connectivity index (χ3v) is 5.34. The van der Waals surface area contributed by atoms with E-state index in [9.17, 15) is 0 Å². The molecule has 2 aromatic rings. The number of aryl methyl sites for hydroxylation is 1. The molecule has 3 rings (SSSR count). The monoisotopic (exact) mass is 493 g/mol. The fourth-order valence-corrected chi connectivity index (χ4v) is 3.61. The minimum Gasteiger partial charge on any atom is -0.373 e. The zero-order valence-corrected chi connectivity index (χ0v) is 19.4. The van der Waals surface area contributed by atoms with Crippen molar-refractivity contribution in [1.29, 1.82) is 0 Å². The molecule has 3 unspecified atom stereocenters. The molecule has 0 radical (unpaired) electrons. The largest absolute Gasteiger partial charge is 0.373 e. The number of rotatable bonds is 6. The van der Waals surface area contributed by atoms with Gasteiger partial charge in [0.25, 0.3) is 0 Å². The van der Waals surface area contributed by atoms with Crippen molar-refractivity contribution < 1.29 is 4.74 Å². The van der Waals surface area contributed by atoms with Gasteiger partial charge < -0.3 is 15.4 Å². The van der Waals surface area contributed by atoms with Gasteiger partial charge in [-0.3, -0.25) is 4.99 Å². The predicted octanol–water partition coefficient (Wildman–Crippen LogP) is 4.87. The van der Waals surface area contributed by atoms with Gasteiger partial charge in [-0.25, -0.2) is 0 Å². The summed E-state index contributed by atoms with van der Waals surface area (Å²) in [5.41, 5.74) is 3.89. The molecule has 3 atom stereocenters. The van der Waals surface area contributed by atoms with Crippen molar-refractivity contribution in [3.05, 3.63) is 71.3 Å². The third-order valence-electron chi connectivity index (χ3n) is 5.34. The maximum absolute atomic E-state index is 5.99. The van der Waals surface area contributed by atoms with Gasteiger partial charge >= 0.3 is 0 Å². The van der Waals surface area contributed by atoms with E-state index < -0.39 is 0 Å². The van der Waals surface area contributed by atoms with Crippen LogP contribution in [0.5, 0.6) is 0 Å². The average molecular weight is 493 g/mol. The van der Waals surface area contributed by atoms with Crippen LogP contribution in [0.1, 0.15) is 49.1 Å². The summed E-state index contributed by atoms with van der Waals surface area (Å²) in [7, 11) is 1.82. The maximum atomic E-state index is 5.99. The highest BCUT2D eigenvalue weighted by atomic mass is 127. The molecule has 0 spiro atoms. The summed E-state index contributed by atoms with van der Waals surface area (Å²) in [5.74, 6) is 1.28. The molecular formula is C23H32IN3O. The second kappa shape index (κ2) is 11.4. The van der Waals surface area contributed by atoms with E-state index in [-0.39, 0.29) is 36.1 Å². The van der Waals surface area contributed by atoms with Crippen molar-refractivity contribution in [3.8, 4) is 0 Å². The Bertz CT molecular complexity index is 733. The van der Waals surface area contributed by atoms with Crippen LogP contribution in [-0.4, -0.2) is 26.2 Å². The molecule has 0 aliphatic carbocycles. The van der Waals surface area contributed by atoms with Crippen LogP contribution in [0.4, 0.5) is 0 Å². The van der Waals surface area contributed by atoms with E-state index in [0.717, 1.165) is 32.0 Å². The van der Waals surface area contributed by atoms with Crippen LogP contribution in [0.3, 0.4) is 0 Å². The molecule has 0 amide bonds. The second-order valence-corrected chi connectivity index (χ2v) is 7.17. The van der Waals surface area contributed by atoms with E-state index in [1.165, 1.54) is 16.7 Å². The number of nitrogens with one attached hydrogen (secondary N) is 2. The molecule has 2 N–H and O–H groups in total. The van der Waals surface area contributed by atoms with Crippen molar-refractivity contribution in [2.24, 2.45) is 10.9 Å². The predicted molar refractivity (Wildman–Crippen MR) is 127 cm³/mol. The summed E-state index contributed by atoms with van der Waals surface area (Å²) in [6.45, 7) is 6.01. The van der Waals surface area contributed by atoms with Crippen molar-refractivity contribution in [2.75, 3.05) is 20.2 Å². The van der Waals surface area contributed by atoms with E-state index in [1.807, 2.05) is 13.1 Å². The number of ether oxygens (including phenoxy) is 1. The van der Waals surface area contributed by atoms with Gasteiger partial charge in [-0.1, -0.05) is 61.5 Å². The van der Waals surface area contributed by atoms with Crippen molar-refractivity contribution in [3.63, 3.8) is 0 Å². The van der Waals surface area contributed by atoms with Gasteiger partial charge in [0.2, 0.25) is 0 Å². The molecule has 1 heterocycles. The fourth-order valence-electron chi connectivity index (χ4n) is 3.61. The Morgan fingerprint density at radius 2 is 1.86 bits per heavy atom. The lowest BCUT2D eigenvalue weighted by atomic mass is 9.95. The minimum atomic E-state index is 0. The Balaban J connectivity index is 0.00000280. The van der Waals surface area contributed by atoms with Crippen LogP contribution in [0.2, 0.25) is 0 Å². The quantitative estimate of drug-likeness (QED) is 0.343. The first-order chi connectivity index (χ1) is 13.2. The van der Waals surface area contributed by atoms with Crippen LogP contribution in [0.25, 0.3) is 0 Å². The Labute approximate surface area is 186 Å². The third kappa shape index (κ3) is 5.95. The van der Waals surface area contributed by atoms with Crippen molar-refractivity contribution in [1.82, 2.24) is 10.6 Å². The molecule has 0 saturated carbocycles. The van der Waals surface area contributed by atoms with E-state index in [2.05, 4.69) is 78.0 Å². The van der Waals surface area contributed by atoms with Crippen LogP contribution in [-0.2, 0) is 11.2 Å². The molecule has 5 heteroatoms. The van der Waals surface area contributed by atoms with Gasteiger partial charge in [0.1, 0.15) is 0 Å². The fraction of sp³-hybridized carbons (Fsp3) is 0.435. The Morgan fingerprint density at radius 3 is 2.50 bits per heavy atom. The molecule has 0 aromatic heterocycles. The zero-order valence-electron chi connectivity index (χ0n) is 17.0.